The predicted octanol–water partition coefficient (Wildman–Crippen LogP) is 1.38. The van der Waals surface area contributed by atoms with Crippen LogP contribution in [0.5, 0.6) is 0 Å². The summed E-state index contributed by atoms with van der Waals surface area (Å²) in [6.07, 6.45) is 1.59. The first kappa shape index (κ1) is 32.5. The summed E-state index contributed by atoms with van der Waals surface area (Å²) in [4.78, 5) is 51.5. The van der Waals surface area contributed by atoms with E-state index in [4.69, 9.17) is 5.73 Å². The molecule has 0 heterocycles. The van der Waals surface area contributed by atoms with Crippen molar-refractivity contribution in [2.24, 2.45) is 11.7 Å². The minimum Gasteiger partial charge on any atom is -0.480 e. The second-order valence-electron chi connectivity index (χ2n) is 10.4. The second kappa shape index (κ2) is 17.0. The first-order valence-electron chi connectivity index (χ1n) is 13.7. The minimum atomic E-state index is -1.14. The van der Waals surface area contributed by atoms with Gasteiger partial charge in [-0.05, 0) is 56.3 Å². The van der Waals surface area contributed by atoms with Crippen LogP contribution in [0.15, 0.2) is 60.7 Å². The smallest absolute Gasteiger partial charge is 0.326 e. The molecule has 0 saturated heterocycles. The molecule has 2 aromatic carbocycles. The summed E-state index contributed by atoms with van der Waals surface area (Å²) in [6.45, 7) is 4.42. The van der Waals surface area contributed by atoms with Crippen LogP contribution in [0.1, 0.15) is 44.2 Å². The first-order chi connectivity index (χ1) is 19.1. The fraction of sp³-hybridized carbons (Fsp3) is 0.467. The lowest BCUT2D eigenvalue weighted by atomic mass is 10.00. The van der Waals surface area contributed by atoms with Crippen molar-refractivity contribution >= 4 is 23.7 Å². The van der Waals surface area contributed by atoms with Gasteiger partial charge in [0.1, 0.15) is 18.1 Å². The van der Waals surface area contributed by atoms with Gasteiger partial charge in [-0.3, -0.25) is 14.4 Å². The van der Waals surface area contributed by atoms with E-state index in [0.29, 0.717) is 25.8 Å². The molecule has 40 heavy (non-hydrogen) atoms. The van der Waals surface area contributed by atoms with Crippen LogP contribution < -0.4 is 27.0 Å². The molecule has 0 saturated carbocycles. The fourth-order valence-corrected chi connectivity index (χ4v) is 4.29. The summed E-state index contributed by atoms with van der Waals surface area (Å²) in [7, 11) is 1.77. The average molecular weight is 554 g/mol. The van der Waals surface area contributed by atoms with Gasteiger partial charge in [-0.15, -0.1) is 0 Å². The Kier molecular flexibility index (Phi) is 13.8. The number of hydrogen-bond acceptors (Lipinski definition) is 6. The van der Waals surface area contributed by atoms with E-state index in [9.17, 15) is 24.3 Å². The molecular formula is C30H43N5O5. The van der Waals surface area contributed by atoms with Crippen molar-refractivity contribution in [2.75, 3.05) is 13.6 Å². The summed E-state index contributed by atoms with van der Waals surface area (Å²) >= 11 is 0. The molecule has 10 heteroatoms. The van der Waals surface area contributed by atoms with Gasteiger partial charge in [-0.2, -0.15) is 0 Å². The van der Waals surface area contributed by atoms with Crippen molar-refractivity contribution in [3.8, 4) is 0 Å². The van der Waals surface area contributed by atoms with Gasteiger partial charge in [-0.25, -0.2) is 4.79 Å². The molecule has 0 radical (unpaired) electrons. The fourth-order valence-electron chi connectivity index (χ4n) is 4.29. The van der Waals surface area contributed by atoms with E-state index in [1.165, 1.54) is 0 Å². The number of carboxylic acids is 1. The van der Waals surface area contributed by atoms with Crippen LogP contribution >= 0.6 is 0 Å². The van der Waals surface area contributed by atoms with Gasteiger partial charge in [-0.1, -0.05) is 74.5 Å². The van der Waals surface area contributed by atoms with Crippen LogP contribution in [-0.4, -0.2) is 66.6 Å². The van der Waals surface area contributed by atoms with Crippen LogP contribution in [0, 0.1) is 5.92 Å². The van der Waals surface area contributed by atoms with Crippen molar-refractivity contribution < 1.29 is 24.3 Å². The van der Waals surface area contributed by atoms with Crippen molar-refractivity contribution in [3.05, 3.63) is 71.8 Å². The maximum atomic E-state index is 13.5. The molecule has 0 aromatic heterocycles. The van der Waals surface area contributed by atoms with Gasteiger partial charge in [0, 0.05) is 6.42 Å². The molecule has 0 aliphatic rings. The lowest BCUT2D eigenvalue weighted by Gasteiger charge is -2.26. The molecule has 0 fully saturated rings. The number of carboxylic acid groups (broad SMARTS) is 1. The van der Waals surface area contributed by atoms with Crippen LogP contribution in [0.3, 0.4) is 0 Å². The van der Waals surface area contributed by atoms with E-state index in [1.807, 2.05) is 74.5 Å². The van der Waals surface area contributed by atoms with Crippen molar-refractivity contribution in [2.45, 2.75) is 70.1 Å². The Morgan fingerprint density at radius 2 is 1.25 bits per heavy atom. The molecule has 10 nitrogen and oxygen atoms in total. The highest BCUT2D eigenvalue weighted by Gasteiger charge is 2.31. The molecule has 2 rings (SSSR count). The Bertz CT molecular complexity index is 1080. The predicted molar refractivity (Wildman–Crippen MR) is 154 cm³/mol. The Labute approximate surface area is 236 Å². The number of hydrogen-bond donors (Lipinski definition) is 6. The first-order valence-corrected chi connectivity index (χ1v) is 13.7. The molecule has 218 valence electrons. The van der Waals surface area contributed by atoms with Crippen LogP contribution in [-0.2, 0) is 32.0 Å². The van der Waals surface area contributed by atoms with Crippen molar-refractivity contribution in [1.29, 1.82) is 0 Å². The molecule has 0 unspecified atom stereocenters. The topological polar surface area (TPSA) is 163 Å². The average Bonchev–Trinajstić information content (AvgIpc) is 2.92. The van der Waals surface area contributed by atoms with Gasteiger partial charge in [0.2, 0.25) is 17.7 Å². The van der Waals surface area contributed by atoms with E-state index in [1.54, 1.807) is 7.05 Å². The number of carbonyl (C=O) groups is 4. The molecule has 0 bridgehead atoms. The summed E-state index contributed by atoms with van der Waals surface area (Å²) in [6, 6.07) is 14.6. The Balaban J connectivity index is 2.18. The van der Waals surface area contributed by atoms with Crippen LogP contribution in [0.25, 0.3) is 0 Å². The Morgan fingerprint density at radius 3 is 1.77 bits per heavy atom. The highest BCUT2D eigenvalue weighted by Crippen LogP contribution is 2.10. The third-order valence-electron chi connectivity index (χ3n) is 6.43. The summed E-state index contributed by atoms with van der Waals surface area (Å²) in [5.41, 5.74) is 7.89. The lowest BCUT2D eigenvalue weighted by molar-refractivity contribution is -0.142. The number of rotatable bonds is 17. The quantitative estimate of drug-likeness (QED) is 0.161. The molecule has 7 N–H and O–H groups in total. The van der Waals surface area contributed by atoms with E-state index in [0.717, 1.165) is 11.1 Å². The van der Waals surface area contributed by atoms with E-state index < -0.39 is 47.9 Å². The third-order valence-corrected chi connectivity index (χ3v) is 6.43. The summed E-state index contributed by atoms with van der Waals surface area (Å²) in [5, 5.41) is 20.7. The number of amides is 3. The molecule has 0 aliphatic heterocycles. The van der Waals surface area contributed by atoms with Gasteiger partial charge in [0.05, 0.1) is 6.04 Å². The lowest BCUT2D eigenvalue weighted by Crippen LogP contribution is -2.58. The Morgan fingerprint density at radius 1 is 0.750 bits per heavy atom. The SMILES string of the molecule is CNCCC[C@@H](NC(=O)[C@@H](CC(C)C)NC(=O)[C@@H](Cc1ccccc1)NC(=O)[C@H](N)Cc1ccccc1)C(=O)O. The second-order valence-corrected chi connectivity index (χ2v) is 10.4. The number of nitrogens with one attached hydrogen (secondary N) is 4. The third kappa shape index (κ3) is 11.5. The Hall–Kier alpha value is -3.76. The summed E-state index contributed by atoms with van der Waals surface area (Å²) in [5.74, 6) is -2.72. The van der Waals surface area contributed by atoms with Gasteiger partial charge < -0.3 is 32.1 Å². The maximum Gasteiger partial charge on any atom is 0.326 e. The number of nitrogens with two attached hydrogens (primary N) is 1. The van der Waals surface area contributed by atoms with E-state index in [-0.39, 0.29) is 18.8 Å². The normalized spacial score (nSPS) is 14.0. The number of benzene rings is 2. The van der Waals surface area contributed by atoms with Gasteiger partial charge in [0.25, 0.3) is 0 Å². The zero-order chi connectivity index (χ0) is 29.5. The van der Waals surface area contributed by atoms with Crippen LogP contribution in [0.2, 0.25) is 0 Å². The van der Waals surface area contributed by atoms with E-state index >= 15 is 0 Å². The molecule has 3 amide bonds. The maximum absolute atomic E-state index is 13.5. The van der Waals surface area contributed by atoms with E-state index in [2.05, 4.69) is 21.3 Å². The molecular weight excluding hydrogens is 510 g/mol. The van der Waals surface area contributed by atoms with Crippen LogP contribution in [0.4, 0.5) is 0 Å². The van der Waals surface area contributed by atoms with Crippen molar-refractivity contribution in [1.82, 2.24) is 21.3 Å². The molecule has 2 aromatic rings. The number of carbonyl (C=O) groups excluding carboxylic acids is 3. The minimum absolute atomic E-state index is 0.0325. The summed E-state index contributed by atoms with van der Waals surface area (Å²) < 4.78 is 0. The van der Waals surface area contributed by atoms with Gasteiger partial charge >= 0.3 is 5.97 Å². The molecule has 0 spiro atoms. The highest BCUT2D eigenvalue weighted by molar-refractivity contribution is 5.94. The highest BCUT2D eigenvalue weighted by atomic mass is 16.4. The standard InChI is InChI=1S/C30H43N5O5/c1-20(2)17-25(28(37)33-24(30(39)40)15-10-16-32-3)35-29(38)26(19-22-13-8-5-9-14-22)34-27(36)23(31)18-21-11-6-4-7-12-21/h4-9,11-14,20,23-26,32H,10,15-19,31H2,1-3H3,(H,33,37)(H,34,36)(H,35,38)(H,39,40)/t23-,24-,25-,26-/m1/s1. The largest absolute Gasteiger partial charge is 0.480 e. The molecule has 0 aliphatic carbocycles. The van der Waals surface area contributed by atoms with Crippen molar-refractivity contribution in [3.63, 3.8) is 0 Å². The zero-order valence-electron chi connectivity index (χ0n) is 23.6. The zero-order valence-corrected chi connectivity index (χ0v) is 23.6. The monoisotopic (exact) mass is 553 g/mol. The molecule has 4 atom stereocenters. The number of aliphatic carboxylic acids is 1. The van der Waals surface area contributed by atoms with Gasteiger partial charge in [0.15, 0.2) is 0 Å².